The molecule has 1 saturated carbocycles. The van der Waals surface area contributed by atoms with Crippen LogP contribution in [0.1, 0.15) is 34.9 Å². The largest absolute Gasteiger partial charge is 0.493 e. The van der Waals surface area contributed by atoms with Gasteiger partial charge in [0.2, 0.25) is 5.91 Å². The SMILES string of the molecule is COc1cccc([C@H]2CN(C(=O)c3ccco3)C[C@H]2C(=O)NCC2CC2)c1OC. The van der Waals surface area contributed by atoms with Crippen molar-refractivity contribution in [3.63, 3.8) is 0 Å². The molecule has 1 saturated heterocycles. The number of benzene rings is 1. The van der Waals surface area contributed by atoms with Gasteiger partial charge in [-0.1, -0.05) is 12.1 Å². The van der Waals surface area contributed by atoms with Gasteiger partial charge < -0.3 is 24.1 Å². The summed E-state index contributed by atoms with van der Waals surface area (Å²) in [4.78, 5) is 27.6. The summed E-state index contributed by atoms with van der Waals surface area (Å²) in [6.45, 7) is 1.44. The smallest absolute Gasteiger partial charge is 0.289 e. The second-order valence-corrected chi connectivity index (χ2v) is 7.67. The third kappa shape index (κ3) is 3.95. The Bertz CT molecular complexity index is 875. The minimum absolute atomic E-state index is 0.0264. The lowest BCUT2D eigenvalue weighted by Crippen LogP contribution is -2.36. The number of nitrogens with zero attached hydrogens (tertiary/aromatic N) is 1. The number of nitrogens with one attached hydrogen (secondary N) is 1. The van der Waals surface area contributed by atoms with Crippen molar-refractivity contribution in [3.05, 3.63) is 47.9 Å². The number of carbonyl (C=O) groups excluding carboxylic acids is 2. The highest BCUT2D eigenvalue weighted by atomic mass is 16.5. The van der Waals surface area contributed by atoms with Crippen LogP contribution in [0.25, 0.3) is 0 Å². The quantitative estimate of drug-likeness (QED) is 0.776. The van der Waals surface area contributed by atoms with Gasteiger partial charge in [0.1, 0.15) is 0 Å². The highest BCUT2D eigenvalue weighted by Gasteiger charge is 2.42. The molecule has 1 aromatic heterocycles. The first kappa shape index (κ1) is 19.4. The minimum Gasteiger partial charge on any atom is -0.493 e. The maximum absolute atomic E-state index is 13.0. The molecule has 4 rings (SSSR count). The number of ether oxygens (including phenoxy) is 2. The van der Waals surface area contributed by atoms with E-state index in [1.165, 1.54) is 19.1 Å². The average Bonchev–Trinajstić information content (AvgIpc) is 3.23. The Morgan fingerprint density at radius 2 is 1.97 bits per heavy atom. The third-order valence-electron chi connectivity index (χ3n) is 5.77. The maximum Gasteiger partial charge on any atom is 0.289 e. The molecule has 1 aliphatic heterocycles. The fourth-order valence-electron chi connectivity index (χ4n) is 4.01. The lowest BCUT2D eigenvalue weighted by Gasteiger charge is -2.21. The van der Waals surface area contributed by atoms with Crippen molar-refractivity contribution in [2.45, 2.75) is 18.8 Å². The van der Waals surface area contributed by atoms with Crippen LogP contribution in [0, 0.1) is 11.8 Å². The van der Waals surface area contributed by atoms with E-state index >= 15 is 0 Å². The molecule has 1 aliphatic carbocycles. The summed E-state index contributed by atoms with van der Waals surface area (Å²) in [6, 6.07) is 8.97. The molecule has 2 amide bonds. The van der Waals surface area contributed by atoms with Crippen molar-refractivity contribution >= 4 is 11.8 Å². The van der Waals surface area contributed by atoms with E-state index in [9.17, 15) is 9.59 Å². The van der Waals surface area contributed by atoms with E-state index < -0.39 is 0 Å². The summed E-state index contributed by atoms with van der Waals surface area (Å²) in [5.74, 6) is 1.28. The predicted molar refractivity (Wildman–Crippen MR) is 106 cm³/mol. The lowest BCUT2D eigenvalue weighted by molar-refractivity contribution is -0.125. The third-order valence-corrected chi connectivity index (χ3v) is 5.77. The molecule has 0 spiro atoms. The van der Waals surface area contributed by atoms with Crippen molar-refractivity contribution < 1.29 is 23.5 Å². The summed E-state index contributed by atoms with van der Waals surface area (Å²) in [5.41, 5.74) is 0.869. The molecule has 2 heterocycles. The molecule has 2 aliphatic rings. The van der Waals surface area contributed by atoms with Gasteiger partial charge >= 0.3 is 0 Å². The van der Waals surface area contributed by atoms with Crippen molar-refractivity contribution in [3.8, 4) is 11.5 Å². The fourth-order valence-corrected chi connectivity index (χ4v) is 4.01. The van der Waals surface area contributed by atoms with Gasteiger partial charge in [-0.15, -0.1) is 0 Å². The van der Waals surface area contributed by atoms with Crippen molar-refractivity contribution in [1.29, 1.82) is 0 Å². The average molecular weight is 398 g/mol. The van der Waals surface area contributed by atoms with E-state index in [-0.39, 0.29) is 29.4 Å². The zero-order valence-corrected chi connectivity index (χ0v) is 16.7. The van der Waals surface area contributed by atoms with Gasteiger partial charge in [0, 0.05) is 31.1 Å². The standard InChI is InChI=1S/C22H26N2O5/c1-27-18-6-3-5-15(20(18)28-2)16-12-24(22(26)19-7-4-10-29-19)13-17(16)21(25)23-11-14-8-9-14/h3-7,10,14,16-17H,8-9,11-13H2,1-2H3,(H,23,25)/t16-,17-/m1/s1. The lowest BCUT2D eigenvalue weighted by atomic mass is 9.87. The van der Waals surface area contributed by atoms with Crippen LogP contribution in [0.4, 0.5) is 0 Å². The number of furan rings is 1. The van der Waals surface area contributed by atoms with Gasteiger partial charge in [0.15, 0.2) is 17.3 Å². The molecule has 7 nitrogen and oxygen atoms in total. The van der Waals surface area contributed by atoms with E-state index in [2.05, 4.69) is 5.32 Å². The number of hydrogen-bond acceptors (Lipinski definition) is 5. The topological polar surface area (TPSA) is 81.0 Å². The van der Waals surface area contributed by atoms with Crippen LogP contribution in [-0.4, -0.2) is 50.6 Å². The minimum atomic E-state index is -0.367. The maximum atomic E-state index is 13.0. The van der Waals surface area contributed by atoms with Crippen LogP contribution in [0.15, 0.2) is 41.0 Å². The Kier molecular flexibility index (Phi) is 5.47. The van der Waals surface area contributed by atoms with E-state index in [0.29, 0.717) is 37.1 Å². The molecule has 1 N–H and O–H groups in total. The van der Waals surface area contributed by atoms with E-state index in [1.54, 1.807) is 31.3 Å². The predicted octanol–water partition coefficient (Wildman–Crippen LogP) is 2.68. The van der Waals surface area contributed by atoms with Crippen molar-refractivity contribution in [2.24, 2.45) is 11.8 Å². The number of hydrogen-bond donors (Lipinski definition) is 1. The second kappa shape index (κ2) is 8.19. The Hall–Kier alpha value is -2.96. The zero-order valence-electron chi connectivity index (χ0n) is 16.7. The summed E-state index contributed by atoms with van der Waals surface area (Å²) in [7, 11) is 3.17. The molecule has 0 radical (unpaired) electrons. The first-order valence-electron chi connectivity index (χ1n) is 9.93. The monoisotopic (exact) mass is 398 g/mol. The van der Waals surface area contributed by atoms with Crippen molar-refractivity contribution in [1.82, 2.24) is 10.2 Å². The van der Waals surface area contributed by atoms with Gasteiger partial charge in [-0.05, 0) is 37.0 Å². The molecule has 2 atom stereocenters. The van der Waals surface area contributed by atoms with E-state index in [1.807, 2.05) is 18.2 Å². The van der Waals surface area contributed by atoms with Gasteiger partial charge in [-0.3, -0.25) is 9.59 Å². The first-order valence-corrected chi connectivity index (χ1v) is 9.93. The number of para-hydroxylation sites is 1. The molecular formula is C22H26N2O5. The van der Waals surface area contributed by atoms with Gasteiger partial charge in [0.05, 0.1) is 26.4 Å². The van der Waals surface area contributed by atoms with Crippen molar-refractivity contribution in [2.75, 3.05) is 33.9 Å². The van der Waals surface area contributed by atoms with Crippen LogP contribution in [0.2, 0.25) is 0 Å². The Morgan fingerprint density at radius 3 is 2.62 bits per heavy atom. The number of carbonyl (C=O) groups is 2. The van der Waals surface area contributed by atoms with Crippen LogP contribution in [0.3, 0.4) is 0 Å². The molecular weight excluding hydrogens is 372 g/mol. The molecule has 2 fully saturated rings. The highest BCUT2D eigenvalue weighted by molar-refractivity contribution is 5.93. The Labute approximate surface area is 170 Å². The molecule has 1 aromatic carbocycles. The Balaban J connectivity index is 1.62. The fraction of sp³-hybridized carbons (Fsp3) is 0.455. The summed E-state index contributed by atoms with van der Waals surface area (Å²) in [5, 5.41) is 3.07. The number of rotatable bonds is 7. The first-order chi connectivity index (χ1) is 14.1. The Morgan fingerprint density at radius 1 is 1.14 bits per heavy atom. The molecule has 0 unspecified atom stereocenters. The number of amides is 2. The van der Waals surface area contributed by atoms with Gasteiger partial charge in [-0.2, -0.15) is 0 Å². The summed E-state index contributed by atoms with van der Waals surface area (Å²) in [6.07, 6.45) is 3.81. The molecule has 7 heteroatoms. The normalized spacial score (nSPS) is 21.1. The second-order valence-electron chi connectivity index (χ2n) is 7.67. The summed E-state index contributed by atoms with van der Waals surface area (Å²) < 4.78 is 16.3. The zero-order chi connectivity index (χ0) is 20.4. The molecule has 29 heavy (non-hydrogen) atoms. The molecule has 2 aromatic rings. The van der Waals surface area contributed by atoms with Crippen LogP contribution >= 0.6 is 0 Å². The van der Waals surface area contributed by atoms with E-state index in [0.717, 1.165) is 5.56 Å². The van der Waals surface area contributed by atoms with Crippen LogP contribution in [-0.2, 0) is 4.79 Å². The number of methoxy groups -OCH3 is 2. The molecule has 154 valence electrons. The van der Waals surface area contributed by atoms with Gasteiger partial charge in [0.25, 0.3) is 5.91 Å². The molecule has 0 bridgehead atoms. The summed E-state index contributed by atoms with van der Waals surface area (Å²) >= 11 is 0. The van der Waals surface area contributed by atoms with Gasteiger partial charge in [-0.25, -0.2) is 0 Å². The number of likely N-dealkylation sites (tertiary alicyclic amines) is 1. The van der Waals surface area contributed by atoms with E-state index in [4.69, 9.17) is 13.9 Å². The van der Waals surface area contributed by atoms with Crippen LogP contribution in [0.5, 0.6) is 11.5 Å². The van der Waals surface area contributed by atoms with Crippen LogP contribution < -0.4 is 14.8 Å². The highest BCUT2D eigenvalue weighted by Crippen LogP contribution is 2.42.